The molecule has 0 unspecified atom stereocenters. The van der Waals surface area contributed by atoms with Gasteiger partial charge in [0.25, 0.3) is 0 Å². The third-order valence-corrected chi connectivity index (χ3v) is 3.76. The Hall–Kier alpha value is -2.53. The minimum Gasteiger partial charge on any atom is -0.245 e. The number of benzene rings is 1. The van der Waals surface area contributed by atoms with Gasteiger partial charge in [-0.2, -0.15) is 9.94 Å². The monoisotopic (exact) mass is 292 g/mol. The van der Waals surface area contributed by atoms with Gasteiger partial charge in [0.1, 0.15) is 17.6 Å². The van der Waals surface area contributed by atoms with E-state index in [9.17, 15) is 13.6 Å². The summed E-state index contributed by atoms with van der Waals surface area (Å²) in [6.45, 7) is 1.71. The minimum atomic E-state index is -0.899. The van der Waals surface area contributed by atoms with Crippen molar-refractivity contribution in [3.63, 3.8) is 0 Å². The van der Waals surface area contributed by atoms with Gasteiger partial charge in [-0.05, 0) is 13.0 Å². The third-order valence-electron chi connectivity index (χ3n) is 2.82. The van der Waals surface area contributed by atoms with Crippen molar-refractivity contribution in [3.8, 4) is 11.8 Å². The molecule has 0 N–H and O–H groups in total. The predicted molar refractivity (Wildman–Crippen MR) is 68.0 cm³/mol. The van der Waals surface area contributed by atoms with E-state index in [0.29, 0.717) is 10.7 Å². The van der Waals surface area contributed by atoms with E-state index in [1.807, 2.05) is 0 Å². The van der Waals surface area contributed by atoms with Crippen LogP contribution in [0, 0.1) is 29.9 Å². The van der Waals surface area contributed by atoms with Crippen LogP contribution in [0.15, 0.2) is 22.3 Å². The molecule has 0 spiro atoms. The Morgan fingerprint density at radius 3 is 2.75 bits per heavy atom. The van der Waals surface area contributed by atoms with Gasteiger partial charge >= 0.3 is 5.69 Å². The molecule has 3 rings (SSSR count). The first kappa shape index (κ1) is 12.5. The number of fused-ring (bicyclic) bond motifs is 1. The molecule has 2 aromatic heterocycles. The number of halogens is 2. The van der Waals surface area contributed by atoms with Gasteiger partial charge in [0.05, 0.1) is 5.56 Å². The first-order valence-corrected chi connectivity index (χ1v) is 6.36. The molecule has 0 atom stereocenters. The number of nitrogens with zero attached hydrogens (tertiary/aromatic N) is 4. The molecule has 3 aromatic rings. The predicted octanol–water partition coefficient (Wildman–Crippen LogP) is 2.00. The lowest BCUT2D eigenvalue weighted by Crippen LogP contribution is -2.21. The van der Waals surface area contributed by atoms with Gasteiger partial charge < -0.3 is 0 Å². The summed E-state index contributed by atoms with van der Waals surface area (Å²) in [4.78, 5) is 12.5. The van der Waals surface area contributed by atoms with Gasteiger partial charge in [-0.15, -0.1) is 16.4 Å². The summed E-state index contributed by atoms with van der Waals surface area (Å²) < 4.78 is 29.6. The van der Waals surface area contributed by atoms with Crippen LogP contribution >= 0.6 is 11.3 Å². The SMILES string of the molecule is Cc1csc2nn(-c3cc(F)c(C#N)cc3F)c(=O)n12. The van der Waals surface area contributed by atoms with E-state index in [-0.39, 0.29) is 5.69 Å². The van der Waals surface area contributed by atoms with Gasteiger partial charge in [-0.3, -0.25) is 0 Å². The third kappa shape index (κ3) is 1.64. The van der Waals surface area contributed by atoms with Crippen LogP contribution in [0.4, 0.5) is 8.78 Å². The van der Waals surface area contributed by atoms with Crippen molar-refractivity contribution in [2.75, 3.05) is 0 Å². The van der Waals surface area contributed by atoms with Crippen LogP contribution in [-0.2, 0) is 0 Å². The lowest BCUT2D eigenvalue weighted by Gasteiger charge is -2.02. The molecule has 0 aliphatic rings. The van der Waals surface area contributed by atoms with Gasteiger partial charge in [0, 0.05) is 17.1 Å². The second-order valence-corrected chi connectivity index (χ2v) is 4.92. The summed E-state index contributed by atoms with van der Waals surface area (Å²) in [5, 5.41) is 14.3. The van der Waals surface area contributed by atoms with Gasteiger partial charge in [0.15, 0.2) is 5.82 Å². The molecule has 0 bridgehead atoms. The van der Waals surface area contributed by atoms with E-state index in [4.69, 9.17) is 5.26 Å². The summed E-state index contributed by atoms with van der Waals surface area (Å²) >= 11 is 1.22. The van der Waals surface area contributed by atoms with E-state index in [1.165, 1.54) is 21.8 Å². The highest BCUT2D eigenvalue weighted by Crippen LogP contribution is 2.18. The summed E-state index contributed by atoms with van der Waals surface area (Å²) in [6, 6.07) is 3.07. The second-order valence-electron chi connectivity index (χ2n) is 4.08. The number of rotatable bonds is 1. The van der Waals surface area contributed by atoms with E-state index < -0.39 is 22.9 Å². The zero-order valence-electron chi connectivity index (χ0n) is 10.1. The molecule has 20 heavy (non-hydrogen) atoms. The zero-order valence-corrected chi connectivity index (χ0v) is 10.9. The lowest BCUT2D eigenvalue weighted by atomic mass is 10.2. The number of thiazole rings is 1. The van der Waals surface area contributed by atoms with Crippen molar-refractivity contribution in [3.05, 3.63) is 50.9 Å². The maximum absolute atomic E-state index is 13.9. The smallest absolute Gasteiger partial charge is 0.245 e. The molecule has 0 saturated carbocycles. The number of aryl methyl sites for hydroxylation is 1. The maximum Gasteiger partial charge on any atom is 0.356 e. The topological polar surface area (TPSA) is 63.1 Å². The molecule has 0 amide bonds. The van der Waals surface area contributed by atoms with Gasteiger partial charge in [-0.1, -0.05) is 0 Å². The summed E-state index contributed by atoms with van der Waals surface area (Å²) in [5.41, 5.74) is -0.657. The molecule has 1 aromatic carbocycles. The average Bonchev–Trinajstić information content (AvgIpc) is 2.94. The molecule has 2 heterocycles. The van der Waals surface area contributed by atoms with Crippen molar-refractivity contribution in [1.82, 2.24) is 14.2 Å². The Morgan fingerprint density at radius 2 is 2.10 bits per heavy atom. The zero-order chi connectivity index (χ0) is 14.4. The van der Waals surface area contributed by atoms with E-state index in [2.05, 4.69) is 5.10 Å². The molecule has 0 saturated heterocycles. The van der Waals surface area contributed by atoms with Gasteiger partial charge in [-0.25, -0.2) is 18.0 Å². The van der Waals surface area contributed by atoms with Crippen LogP contribution in [0.2, 0.25) is 0 Å². The molecule has 8 heteroatoms. The highest BCUT2D eigenvalue weighted by Gasteiger charge is 2.17. The normalized spacial score (nSPS) is 10.9. The number of hydrogen-bond acceptors (Lipinski definition) is 4. The first-order chi connectivity index (χ1) is 9.52. The number of nitriles is 1. The Balaban J connectivity index is 2.32. The van der Waals surface area contributed by atoms with Crippen molar-refractivity contribution >= 4 is 16.3 Å². The quantitative estimate of drug-likeness (QED) is 0.689. The summed E-state index contributed by atoms with van der Waals surface area (Å²) in [7, 11) is 0. The van der Waals surface area contributed by atoms with Crippen molar-refractivity contribution in [2.45, 2.75) is 6.92 Å². The Kier molecular flexibility index (Phi) is 2.65. The summed E-state index contributed by atoms with van der Waals surface area (Å²) in [6.07, 6.45) is 0. The fraction of sp³-hybridized carbons (Fsp3) is 0.0833. The molecule has 0 radical (unpaired) electrons. The fourth-order valence-corrected chi connectivity index (χ4v) is 2.70. The Morgan fingerprint density at radius 1 is 1.35 bits per heavy atom. The highest BCUT2D eigenvalue weighted by molar-refractivity contribution is 7.15. The molecule has 0 fully saturated rings. The number of hydrogen-bond donors (Lipinski definition) is 0. The van der Waals surface area contributed by atoms with Crippen molar-refractivity contribution in [2.24, 2.45) is 0 Å². The maximum atomic E-state index is 13.9. The van der Waals surface area contributed by atoms with Crippen LogP contribution in [-0.4, -0.2) is 14.2 Å². The van der Waals surface area contributed by atoms with Crippen LogP contribution < -0.4 is 5.69 Å². The van der Waals surface area contributed by atoms with E-state index in [1.54, 1.807) is 12.3 Å². The van der Waals surface area contributed by atoms with Crippen LogP contribution in [0.5, 0.6) is 0 Å². The van der Waals surface area contributed by atoms with Crippen LogP contribution in [0.25, 0.3) is 10.6 Å². The van der Waals surface area contributed by atoms with Crippen LogP contribution in [0.3, 0.4) is 0 Å². The van der Waals surface area contributed by atoms with Crippen molar-refractivity contribution in [1.29, 1.82) is 5.26 Å². The highest BCUT2D eigenvalue weighted by atomic mass is 32.1. The molecule has 0 aliphatic heterocycles. The average molecular weight is 292 g/mol. The lowest BCUT2D eigenvalue weighted by molar-refractivity contribution is 0.582. The largest absolute Gasteiger partial charge is 0.356 e. The minimum absolute atomic E-state index is 0.318. The fourth-order valence-electron chi connectivity index (χ4n) is 1.86. The molecule has 5 nitrogen and oxygen atoms in total. The summed E-state index contributed by atoms with van der Waals surface area (Å²) in [5.74, 6) is -1.78. The molecule has 100 valence electrons. The molecular weight excluding hydrogens is 286 g/mol. The standard InChI is InChI=1S/C12H6F2N4OS/c1-6-5-20-11-16-18(12(19)17(6)11)10-3-8(13)7(4-15)2-9(10)14/h2-3,5H,1H3. The van der Waals surface area contributed by atoms with Crippen LogP contribution in [0.1, 0.15) is 11.3 Å². The molecular formula is C12H6F2N4OS. The van der Waals surface area contributed by atoms with Gasteiger partial charge in [0.2, 0.25) is 4.96 Å². The Bertz CT molecular complexity index is 931. The molecule has 0 aliphatic carbocycles. The van der Waals surface area contributed by atoms with Crippen molar-refractivity contribution < 1.29 is 8.78 Å². The second kappa shape index (κ2) is 4.25. The first-order valence-electron chi connectivity index (χ1n) is 5.48. The van der Waals surface area contributed by atoms with E-state index in [0.717, 1.165) is 16.8 Å². The Labute approximate surface area is 114 Å². The van der Waals surface area contributed by atoms with E-state index >= 15 is 0 Å². The number of aromatic nitrogens is 3.